The number of nitrogens with one attached hydrogen (secondary N) is 2. The van der Waals surface area contributed by atoms with Crippen molar-refractivity contribution in [2.45, 2.75) is 25.9 Å². The minimum atomic E-state index is -0.868. The van der Waals surface area contributed by atoms with Crippen LogP contribution in [0.25, 0.3) is 0 Å². The Kier molecular flexibility index (Phi) is 5.98. The van der Waals surface area contributed by atoms with Crippen molar-refractivity contribution < 1.29 is 19.1 Å². The second kappa shape index (κ2) is 7.49. The van der Waals surface area contributed by atoms with Crippen molar-refractivity contribution in [2.75, 3.05) is 14.2 Å². The quantitative estimate of drug-likeness (QED) is 0.724. The highest BCUT2D eigenvalue weighted by Gasteiger charge is 2.18. The Morgan fingerprint density at radius 1 is 1.14 bits per heavy atom. The van der Waals surface area contributed by atoms with Crippen LogP contribution in [0, 0.1) is 0 Å². The minimum Gasteiger partial charge on any atom is -0.493 e. The van der Waals surface area contributed by atoms with Gasteiger partial charge in [0, 0.05) is 6.04 Å². The molecule has 1 aromatic carbocycles. The van der Waals surface area contributed by atoms with Crippen LogP contribution in [0.5, 0.6) is 11.5 Å². The lowest BCUT2D eigenvalue weighted by Crippen LogP contribution is -2.47. The molecule has 7 nitrogen and oxygen atoms in total. The Balaban J connectivity index is 2.77. The van der Waals surface area contributed by atoms with E-state index in [0.29, 0.717) is 11.5 Å². The average Bonchev–Trinajstić information content (AvgIpc) is 2.45. The standard InChI is InChI=1S/C14H21N3O4/c1-8(16-9(2)13(18)17-14(15)19)10-5-6-11(20-3)12(7-10)21-4/h5-9,16H,1-4H3,(H3,15,17,18,19). The first-order valence-electron chi connectivity index (χ1n) is 6.47. The Hall–Kier alpha value is -2.28. The molecule has 0 aliphatic rings. The van der Waals surface area contributed by atoms with Crippen LogP contribution in [0.1, 0.15) is 25.5 Å². The maximum atomic E-state index is 11.6. The van der Waals surface area contributed by atoms with Crippen molar-refractivity contribution in [3.05, 3.63) is 23.8 Å². The highest BCUT2D eigenvalue weighted by Crippen LogP contribution is 2.29. The summed E-state index contributed by atoms with van der Waals surface area (Å²) in [7, 11) is 3.12. The summed E-state index contributed by atoms with van der Waals surface area (Å²) in [6, 6.07) is 3.93. The maximum Gasteiger partial charge on any atom is 0.318 e. The Morgan fingerprint density at radius 2 is 1.76 bits per heavy atom. The number of amides is 3. The van der Waals surface area contributed by atoms with E-state index < -0.39 is 18.0 Å². The summed E-state index contributed by atoms with van der Waals surface area (Å²) in [4.78, 5) is 22.3. The van der Waals surface area contributed by atoms with Gasteiger partial charge in [-0.15, -0.1) is 0 Å². The third-order valence-corrected chi connectivity index (χ3v) is 3.05. The van der Waals surface area contributed by atoms with Gasteiger partial charge in [-0.2, -0.15) is 0 Å². The van der Waals surface area contributed by atoms with Crippen molar-refractivity contribution >= 4 is 11.9 Å². The molecule has 0 fully saturated rings. The second-order valence-electron chi connectivity index (χ2n) is 4.58. The molecule has 116 valence electrons. The molecule has 0 aliphatic heterocycles. The lowest BCUT2D eigenvalue weighted by atomic mass is 10.1. The summed E-state index contributed by atoms with van der Waals surface area (Å²) in [6.07, 6.45) is 0. The van der Waals surface area contributed by atoms with E-state index in [4.69, 9.17) is 15.2 Å². The molecule has 21 heavy (non-hydrogen) atoms. The maximum absolute atomic E-state index is 11.6. The van der Waals surface area contributed by atoms with E-state index in [9.17, 15) is 9.59 Å². The normalized spacial score (nSPS) is 13.1. The molecule has 0 bridgehead atoms. The first kappa shape index (κ1) is 16.8. The largest absolute Gasteiger partial charge is 0.493 e. The molecule has 0 aliphatic carbocycles. The summed E-state index contributed by atoms with van der Waals surface area (Å²) in [5.41, 5.74) is 5.84. The van der Waals surface area contributed by atoms with Crippen LogP contribution in [0.4, 0.5) is 4.79 Å². The molecule has 0 aromatic heterocycles. The van der Waals surface area contributed by atoms with E-state index >= 15 is 0 Å². The van der Waals surface area contributed by atoms with Gasteiger partial charge in [0.1, 0.15) is 0 Å². The van der Waals surface area contributed by atoms with E-state index in [2.05, 4.69) is 5.32 Å². The number of nitrogens with two attached hydrogens (primary N) is 1. The summed E-state index contributed by atoms with van der Waals surface area (Å²) in [5.74, 6) is 0.765. The number of rotatable bonds is 6. The number of ether oxygens (including phenoxy) is 2. The fraction of sp³-hybridized carbons (Fsp3) is 0.429. The summed E-state index contributed by atoms with van der Waals surface area (Å²) in [5, 5.41) is 5.11. The van der Waals surface area contributed by atoms with Crippen LogP contribution in [0.3, 0.4) is 0 Å². The zero-order chi connectivity index (χ0) is 16.0. The third kappa shape index (κ3) is 4.64. The predicted molar refractivity (Wildman–Crippen MR) is 78.3 cm³/mol. The molecule has 1 aromatic rings. The lowest BCUT2D eigenvalue weighted by molar-refractivity contribution is -0.121. The van der Waals surface area contributed by atoms with Gasteiger partial charge < -0.3 is 15.2 Å². The summed E-state index contributed by atoms with van der Waals surface area (Å²) in [6.45, 7) is 3.55. The molecule has 3 amide bonds. The Morgan fingerprint density at radius 3 is 2.29 bits per heavy atom. The van der Waals surface area contributed by atoms with Gasteiger partial charge in [0.25, 0.3) is 0 Å². The predicted octanol–water partition coefficient (Wildman–Crippen LogP) is 0.938. The Labute approximate surface area is 123 Å². The Bertz CT molecular complexity index is 519. The fourth-order valence-electron chi connectivity index (χ4n) is 1.90. The molecule has 0 radical (unpaired) electrons. The molecule has 0 saturated carbocycles. The van der Waals surface area contributed by atoms with E-state index in [1.165, 1.54) is 0 Å². The lowest BCUT2D eigenvalue weighted by Gasteiger charge is -2.20. The third-order valence-electron chi connectivity index (χ3n) is 3.05. The number of urea groups is 1. The topological polar surface area (TPSA) is 103 Å². The average molecular weight is 295 g/mol. The number of carbonyl (C=O) groups excluding carboxylic acids is 2. The van der Waals surface area contributed by atoms with Gasteiger partial charge >= 0.3 is 6.03 Å². The molecule has 0 spiro atoms. The summed E-state index contributed by atoms with van der Waals surface area (Å²) >= 11 is 0. The van der Waals surface area contributed by atoms with Crippen molar-refractivity contribution in [3.8, 4) is 11.5 Å². The number of hydrogen-bond donors (Lipinski definition) is 3. The van der Waals surface area contributed by atoms with Crippen molar-refractivity contribution in [3.63, 3.8) is 0 Å². The first-order valence-corrected chi connectivity index (χ1v) is 6.47. The number of primary amides is 1. The van der Waals surface area contributed by atoms with Crippen molar-refractivity contribution in [1.29, 1.82) is 0 Å². The van der Waals surface area contributed by atoms with Gasteiger partial charge in [-0.05, 0) is 31.5 Å². The number of benzene rings is 1. The van der Waals surface area contributed by atoms with Gasteiger partial charge in [-0.25, -0.2) is 4.79 Å². The van der Waals surface area contributed by atoms with Crippen LogP contribution in [0.15, 0.2) is 18.2 Å². The summed E-state index contributed by atoms with van der Waals surface area (Å²) < 4.78 is 10.4. The molecule has 2 unspecified atom stereocenters. The van der Waals surface area contributed by atoms with Crippen molar-refractivity contribution in [1.82, 2.24) is 10.6 Å². The van der Waals surface area contributed by atoms with Gasteiger partial charge in [0.2, 0.25) is 5.91 Å². The number of hydrogen-bond acceptors (Lipinski definition) is 5. The molecule has 4 N–H and O–H groups in total. The highest BCUT2D eigenvalue weighted by molar-refractivity contribution is 5.96. The number of imide groups is 1. The molecule has 2 atom stereocenters. The first-order chi connectivity index (χ1) is 9.88. The van der Waals surface area contributed by atoms with Crippen LogP contribution in [0.2, 0.25) is 0 Å². The van der Waals surface area contributed by atoms with E-state index in [-0.39, 0.29) is 6.04 Å². The van der Waals surface area contributed by atoms with Crippen LogP contribution in [-0.2, 0) is 4.79 Å². The fourth-order valence-corrected chi connectivity index (χ4v) is 1.90. The molecule has 0 saturated heterocycles. The number of carbonyl (C=O) groups is 2. The van der Waals surface area contributed by atoms with Crippen molar-refractivity contribution in [2.24, 2.45) is 5.73 Å². The van der Waals surface area contributed by atoms with E-state index in [0.717, 1.165) is 5.56 Å². The van der Waals surface area contributed by atoms with E-state index in [1.807, 2.05) is 24.4 Å². The van der Waals surface area contributed by atoms with Crippen LogP contribution >= 0.6 is 0 Å². The molecule has 7 heteroatoms. The molecular formula is C14H21N3O4. The SMILES string of the molecule is COc1ccc(C(C)NC(C)C(=O)NC(N)=O)cc1OC. The molecular weight excluding hydrogens is 274 g/mol. The van der Waals surface area contributed by atoms with Crippen LogP contribution in [-0.4, -0.2) is 32.2 Å². The zero-order valence-electron chi connectivity index (χ0n) is 12.6. The smallest absolute Gasteiger partial charge is 0.318 e. The molecule has 0 heterocycles. The highest BCUT2D eigenvalue weighted by atomic mass is 16.5. The zero-order valence-corrected chi connectivity index (χ0v) is 12.6. The van der Waals surface area contributed by atoms with E-state index in [1.54, 1.807) is 27.2 Å². The van der Waals surface area contributed by atoms with Crippen LogP contribution < -0.4 is 25.8 Å². The van der Waals surface area contributed by atoms with Gasteiger partial charge in [0.05, 0.1) is 20.3 Å². The van der Waals surface area contributed by atoms with Gasteiger partial charge in [0.15, 0.2) is 11.5 Å². The van der Waals surface area contributed by atoms with Gasteiger partial charge in [-0.1, -0.05) is 6.07 Å². The number of methoxy groups -OCH3 is 2. The minimum absolute atomic E-state index is 0.126. The van der Waals surface area contributed by atoms with Gasteiger partial charge in [-0.3, -0.25) is 15.4 Å². The second-order valence-corrected chi connectivity index (χ2v) is 4.58. The monoisotopic (exact) mass is 295 g/mol. The molecule has 1 rings (SSSR count).